The molecule has 0 heterocycles. The fourth-order valence-corrected chi connectivity index (χ4v) is 2.14. The Bertz CT molecular complexity index is 566. The Kier molecular flexibility index (Phi) is 4.74. The molecule has 0 amide bonds. The van der Waals surface area contributed by atoms with Gasteiger partial charge in [0.05, 0.1) is 0 Å². The second kappa shape index (κ2) is 6.53. The molecule has 1 unspecified atom stereocenters. The molecule has 2 aromatic rings. The van der Waals surface area contributed by atoms with Gasteiger partial charge in [-0.1, -0.05) is 37.3 Å². The van der Waals surface area contributed by atoms with Crippen LogP contribution in [0.5, 0.6) is 5.75 Å². The predicted molar refractivity (Wildman–Crippen MR) is 79.1 cm³/mol. The maximum atomic E-state index is 13.7. The van der Waals surface area contributed by atoms with Crippen molar-refractivity contribution in [2.24, 2.45) is 0 Å². The summed E-state index contributed by atoms with van der Waals surface area (Å²) >= 11 is 0. The first-order valence-corrected chi connectivity index (χ1v) is 6.89. The fourth-order valence-electron chi connectivity index (χ4n) is 2.14. The summed E-state index contributed by atoms with van der Waals surface area (Å²) in [6, 6.07) is 12.6. The molecule has 2 nitrogen and oxygen atoms in total. The van der Waals surface area contributed by atoms with Crippen molar-refractivity contribution >= 4 is 0 Å². The van der Waals surface area contributed by atoms with Crippen LogP contribution in [0.3, 0.4) is 0 Å². The Labute approximate surface area is 119 Å². The Morgan fingerprint density at radius 2 is 1.75 bits per heavy atom. The average molecular weight is 273 g/mol. The van der Waals surface area contributed by atoms with Gasteiger partial charge in [0.2, 0.25) is 0 Å². The lowest BCUT2D eigenvalue weighted by atomic mass is 10.1. The summed E-state index contributed by atoms with van der Waals surface area (Å²) in [6.07, 6.45) is 1.03. The van der Waals surface area contributed by atoms with Crippen LogP contribution in [0.1, 0.15) is 36.6 Å². The summed E-state index contributed by atoms with van der Waals surface area (Å²) < 4.78 is 13.7. The van der Waals surface area contributed by atoms with Crippen molar-refractivity contribution < 1.29 is 9.50 Å². The van der Waals surface area contributed by atoms with Gasteiger partial charge in [-0.25, -0.2) is 4.39 Å². The average Bonchev–Trinajstić information content (AvgIpc) is 2.45. The van der Waals surface area contributed by atoms with Gasteiger partial charge in [-0.2, -0.15) is 0 Å². The van der Waals surface area contributed by atoms with Crippen molar-refractivity contribution in [3.8, 4) is 5.75 Å². The van der Waals surface area contributed by atoms with E-state index in [9.17, 15) is 9.50 Å². The number of rotatable bonds is 5. The Hall–Kier alpha value is -1.87. The number of nitrogens with one attached hydrogen (secondary N) is 1. The molecule has 0 radical (unpaired) electrons. The molecule has 2 aromatic carbocycles. The van der Waals surface area contributed by atoms with Gasteiger partial charge in [0.25, 0.3) is 0 Å². The maximum Gasteiger partial charge on any atom is 0.131 e. The van der Waals surface area contributed by atoms with Crippen LogP contribution in [0, 0.1) is 5.82 Å². The van der Waals surface area contributed by atoms with Crippen molar-refractivity contribution in [1.82, 2.24) is 5.32 Å². The molecule has 0 saturated heterocycles. The lowest BCUT2D eigenvalue weighted by molar-refractivity contribution is 0.463. The Morgan fingerprint density at radius 3 is 2.35 bits per heavy atom. The molecule has 0 saturated carbocycles. The summed E-state index contributed by atoms with van der Waals surface area (Å²) in [7, 11) is 0. The molecule has 2 N–H and O–H groups in total. The van der Waals surface area contributed by atoms with Crippen LogP contribution in [0.2, 0.25) is 0 Å². The molecule has 20 heavy (non-hydrogen) atoms. The number of aromatic hydroxyl groups is 1. The van der Waals surface area contributed by atoms with E-state index in [2.05, 4.69) is 36.5 Å². The third-order valence-electron chi connectivity index (χ3n) is 3.49. The minimum absolute atomic E-state index is 0.0476. The highest BCUT2D eigenvalue weighted by Gasteiger charge is 2.10. The van der Waals surface area contributed by atoms with Crippen LogP contribution in [0.4, 0.5) is 4.39 Å². The van der Waals surface area contributed by atoms with Gasteiger partial charge in [0, 0.05) is 24.2 Å². The molecular weight excluding hydrogens is 253 g/mol. The lowest BCUT2D eigenvalue weighted by Gasteiger charge is -2.15. The van der Waals surface area contributed by atoms with Gasteiger partial charge < -0.3 is 10.4 Å². The monoisotopic (exact) mass is 273 g/mol. The smallest absolute Gasteiger partial charge is 0.131 e. The molecule has 2 rings (SSSR count). The van der Waals surface area contributed by atoms with Crippen molar-refractivity contribution in [1.29, 1.82) is 0 Å². The summed E-state index contributed by atoms with van der Waals surface area (Å²) in [6.45, 7) is 4.73. The van der Waals surface area contributed by atoms with E-state index in [0.717, 1.165) is 12.5 Å². The highest BCUT2D eigenvalue weighted by atomic mass is 19.1. The third kappa shape index (κ3) is 3.58. The molecule has 0 aliphatic heterocycles. The topological polar surface area (TPSA) is 32.3 Å². The van der Waals surface area contributed by atoms with E-state index in [4.69, 9.17) is 0 Å². The standard InChI is InChI=1S/C17H20FNO/c1-3-13-4-6-14(7-5-13)11-19-12(2)16-9-8-15(20)10-17(16)18/h4-10,12,19-20H,3,11H2,1-2H3. The number of phenolic OH excluding ortho intramolecular Hbond substituents is 1. The van der Waals surface area contributed by atoms with Crippen molar-refractivity contribution in [3.63, 3.8) is 0 Å². The summed E-state index contributed by atoms with van der Waals surface area (Å²) in [5.41, 5.74) is 3.05. The summed E-state index contributed by atoms with van der Waals surface area (Å²) in [5.74, 6) is -0.431. The van der Waals surface area contributed by atoms with E-state index in [1.165, 1.54) is 17.2 Å². The Balaban J connectivity index is 1.98. The summed E-state index contributed by atoms with van der Waals surface area (Å²) in [5, 5.41) is 12.5. The largest absolute Gasteiger partial charge is 0.508 e. The second-order valence-electron chi connectivity index (χ2n) is 4.98. The van der Waals surface area contributed by atoms with Crippen molar-refractivity contribution in [2.45, 2.75) is 32.9 Å². The molecular formula is C17H20FNO. The van der Waals surface area contributed by atoms with E-state index in [-0.39, 0.29) is 17.6 Å². The highest BCUT2D eigenvalue weighted by Crippen LogP contribution is 2.21. The van der Waals surface area contributed by atoms with Gasteiger partial charge in [0.1, 0.15) is 11.6 Å². The first-order chi connectivity index (χ1) is 9.60. The molecule has 3 heteroatoms. The lowest BCUT2D eigenvalue weighted by Crippen LogP contribution is -2.19. The number of aryl methyl sites for hydroxylation is 1. The van der Waals surface area contributed by atoms with Gasteiger partial charge in [-0.15, -0.1) is 0 Å². The number of halogens is 1. The normalized spacial score (nSPS) is 12.3. The van der Waals surface area contributed by atoms with E-state index in [1.807, 2.05) is 6.92 Å². The van der Waals surface area contributed by atoms with Crippen LogP contribution < -0.4 is 5.32 Å². The number of phenols is 1. The van der Waals surface area contributed by atoms with E-state index in [1.54, 1.807) is 6.07 Å². The van der Waals surface area contributed by atoms with Crippen LogP contribution in [-0.2, 0) is 13.0 Å². The molecule has 0 aromatic heterocycles. The quantitative estimate of drug-likeness (QED) is 0.864. The highest BCUT2D eigenvalue weighted by molar-refractivity contribution is 5.30. The van der Waals surface area contributed by atoms with E-state index >= 15 is 0 Å². The van der Waals surface area contributed by atoms with Crippen LogP contribution in [-0.4, -0.2) is 5.11 Å². The number of benzene rings is 2. The molecule has 106 valence electrons. The second-order valence-corrected chi connectivity index (χ2v) is 4.98. The van der Waals surface area contributed by atoms with Crippen LogP contribution in [0.15, 0.2) is 42.5 Å². The first kappa shape index (κ1) is 14.5. The van der Waals surface area contributed by atoms with Gasteiger partial charge in [-0.3, -0.25) is 0 Å². The zero-order valence-electron chi connectivity index (χ0n) is 11.9. The number of hydrogen-bond donors (Lipinski definition) is 2. The molecule has 0 fully saturated rings. The fraction of sp³-hybridized carbons (Fsp3) is 0.294. The van der Waals surface area contributed by atoms with Crippen molar-refractivity contribution in [2.75, 3.05) is 0 Å². The minimum atomic E-state index is -0.383. The number of hydrogen-bond acceptors (Lipinski definition) is 2. The molecule has 0 bridgehead atoms. The van der Waals surface area contributed by atoms with E-state index < -0.39 is 0 Å². The van der Waals surface area contributed by atoms with Gasteiger partial charge in [-0.05, 0) is 30.5 Å². The van der Waals surface area contributed by atoms with Crippen LogP contribution in [0.25, 0.3) is 0 Å². The zero-order valence-corrected chi connectivity index (χ0v) is 11.9. The SMILES string of the molecule is CCc1ccc(CNC(C)c2ccc(O)cc2F)cc1. The van der Waals surface area contributed by atoms with Gasteiger partial charge >= 0.3 is 0 Å². The predicted octanol–water partition coefficient (Wildman–Crippen LogP) is 3.94. The zero-order chi connectivity index (χ0) is 14.5. The van der Waals surface area contributed by atoms with Crippen LogP contribution >= 0.6 is 0 Å². The third-order valence-corrected chi connectivity index (χ3v) is 3.49. The summed E-state index contributed by atoms with van der Waals surface area (Å²) in [4.78, 5) is 0. The molecule has 0 aliphatic carbocycles. The van der Waals surface area contributed by atoms with Gasteiger partial charge in [0.15, 0.2) is 0 Å². The molecule has 0 spiro atoms. The molecule has 0 aliphatic rings. The molecule has 1 atom stereocenters. The minimum Gasteiger partial charge on any atom is -0.508 e. The first-order valence-electron chi connectivity index (χ1n) is 6.89. The Morgan fingerprint density at radius 1 is 1.10 bits per heavy atom. The maximum absolute atomic E-state index is 13.7. The van der Waals surface area contributed by atoms with Crippen molar-refractivity contribution in [3.05, 3.63) is 65.0 Å². The van der Waals surface area contributed by atoms with E-state index in [0.29, 0.717) is 12.1 Å².